The van der Waals surface area contributed by atoms with Crippen LogP contribution in [0.2, 0.25) is 0 Å². The number of hydrogen-bond acceptors (Lipinski definition) is 6. The van der Waals surface area contributed by atoms with Gasteiger partial charge in [0.2, 0.25) is 5.91 Å². The van der Waals surface area contributed by atoms with Crippen LogP contribution in [0.25, 0.3) is 0 Å². The SMILES string of the molecule is CCN(CCO)c1ccc(NC(=O)CN2CCC(Nc3cccc(O)c3)CC2)cc1. The average Bonchev–Trinajstić information content (AvgIpc) is 2.74. The lowest BCUT2D eigenvalue weighted by atomic mass is 10.0. The Morgan fingerprint density at radius 2 is 1.87 bits per heavy atom. The molecule has 1 saturated heterocycles. The number of aliphatic hydroxyl groups excluding tert-OH is 1. The Bertz CT molecular complexity index is 804. The number of phenols is 1. The molecule has 1 aliphatic heterocycles. The molecular formula is C23H32N4O3. The number of likely N-dealkylation sites (N-methyl/N-ethyl adjacent to an activating group) is 1. The van der Waals surface area contributed by atoms with E-state index in [1.165, 1.54) is 0 Å². The van der Waals surface area contributed by atoms with Crippen molar-refractivity contribution >= 4 is 23.0 Å². The Labute approximate surface area is 178 Å². The van der Waals surface area contributed by atoms with Crippen LogP contribution in [0.1, 0.15) is 19.8 Å². The van der Waals surface area contributed by atoms with Gasteiger partial charge in [0.15, 0.2) is 0 Å². The van der Waals surface area contributed by atoms with Gasteiger partial charge in [0.1, 0.15) is 5.75 Å². The van der Waals surface area contributed by atoms with Crippen molar-refractivity contribution in [1.29, 1.82) is 0 Å². The van der Waals surface area contributed by atoms with Crippen LogP contribution in [0.3, 0.4) is 0 Å². The van der Waals surface area contributed by atoms with Gasteiger partial charge in [-0.1, -0.05) is 6.07 Å². The third-order valence-electron chi connectivity index (χ3n) is 5.44. The molecule has 1 amide bonds. The fraction of sp³-hybridized carbons (Fsp3) is 0.435. The van der Waals surface area contributed by atoms with Gasteiger partial charge < -0.3 is 25.7 Å². The first-order valence-corrected chi connectivity index (χ1v) is 10.6. The predicted molar refractivity (Wildman–Crippen MR) is 121 cm³/mol. The monoisotopic (exact) mass is 412 g/mol. The summed E-state index contributed by atoms with van der Waals surface area (Å²) in [5, 5.41) is 25.1. The summed E-state index contributed by atoms with van der Waals surface area (Å²) in [5.41, 5.74) is 2.74. The van der Waals surface area contributed by atoms with Crippen molar-refractivity contribution < 1.29 is 15.0 Å². The molecular weight excluding hydrogens is 380 g/mol. The molecule has 0 atom stereocenters. The molecule has 0 spiro atoms. The van der Waals surface area contributed by atoms with Crippen LogP contribution in [-0.2, 0) is 4.79 Å². The van der Waals surface area contributed by atoms with E-state index in [4.69, 9.17) is 5.11 Å². The first-order valence-electron chi connectivity index (χ1n) is 10.6. The second-order valence-corrected chi connectivity index (χ2v) is 7.64. The number of carbonyl (C=O) groups is 1. The minimum absolute atomic E-state index is 0.00940. The van der Waals surface area contributed by atoms with E-state index in [-0.39, 0.29) is 18.3 Å². The third kappa shape index (κ3) is 6.37. The Kier molecular flexibility index (Phi) is 7.93. The summed E-state index contributed by atoms with van der Waals surface area (Å²) >= 11 is 0. The molecule has 0 bridgehead atoms. The molecule has 4 N–H and O–H groups in total. The molecule has 2 aromatic rings. The van der Waals surface area contributed by atoms with Crippen LogP contribution in [0.4, 0.5) is 17.1 Å². The van der Waals surface area contributed by atoms with E-state index in [2.05, 4.69) is 20.4 Å². The lowest BCUT2D eigenvalue weighted by Gasteiger charge is -2.32. The average molecular weight is 413 g/mol. The highest BCUT2D eigenvalue weighted by Crippen LogP contribution is 2.21. The third-order valence-corrected chi connectivity index (χ3v) is 5.44. The van der Waals surface area contributed by atoms with E-state index in [9.17, 15) is 9.90 Å². The molecule has 3 rings (SSSR count). The minimum atomic E-state index is -0.00940. The predicted octanol–water partition coefficient (Wildman–Crippen LogP) is 2.73. The largest absolute Gasteiger partial charge is 0.508 e. The second-order valence-electron chi connectivity index (χ2n) is 7.64. The first-order chi connectivity index (χ1) is 14.6. The molecule has 0 radical (unpaired) electrons. The number of aromatic hydroxyl groups is 1. The number of nitrogens with zero attached hydrogens (tertiary/aromatic N) is 2. The number of rotatable bonds is 9. The molecule has 1 aliphatic rings. The summed E-state index contributed by atoms with van der Waals surface area (Å²) in [6.07, 6.45) is 1.91. The zero-order valence-corrected chi connectivity index (χ0v) is 17.6. The van der Waals surface area contributed by atoms with Gasteiger partial charge >= 0.3 is 0 Å². The van der Waals surface area contributed by atoms with Crippen LogP contribution in [0.15, 0.2) is 48.5 Å². The quantitative estimate of drug-likeness (QED) is 0.507. The van der Waals surface area contributed by atoms with Gasteiger partial charge in [-0.15, -0.1) is 0 Å². The van der Waals surface area contributed by atoms with E-state index in [1.54, 1.807) is 12.1 Å². The van der Waals surface area contributed by atoms with E-state index in [0.29, 0.717) is 19.1 Å². The molecule has 0 aromatic heterocycles. The van der Waals surface area contributed by atoms with Gasteiger partial charge in [0.25, 0.3) is 0 Å². The lowest BCUT2D eigenvalue weighted by molar-refractivity contribution is -0.117. The summed E-state index contributed by atoms with van der Waals surface area (Å²) in [6.45, 7) is 5.68. The van der Waals surface area contributed by atoms with Gasteiger partial charge in [0, 0.05) is 55.3 Å². The Morgan fingerprint density at radius 1 is 1.13 bits per heavy atom. The van der Waals surface area contributed by atoms with Crippen LogP contribution in [0.5, 0.6) is 5.75 Å². The van der Waals surface area contributed by atoms with Crippen molar-refractivity contribution in [3.8, 4) is 5.75 Å². The van der Waals surface area contributed by atoms with Crippen molar-refractivity contribution in [3.05, 3.63) is 48.5 Å². The number of benzene rings is 2. The fourth-order valence-electron chi connectivity index (χ4n) is 3.82. The highest BCUT2D eigenvalue weighted by Gasteiger charge is 2.21. The summed E-state index contributed by atoms with van der Waals surface area (Å²) in [6, 6.07) is 15.3. The Hall–Kier alpha value is -2.77. The van der Waals surface area contributed by atoms with Crippen LogP contribution in [0, 0.1) is 0 Å². The molecule has 0 aliphatic carbocycles. The first kappa shape index (κ1) is 21.9. The number of likely N-dealkylation sites (tertiary alicyclic amines) is 1. The molecule has 0 unspecified atom stereocenters. The normalized spacial score (nSPS) is 15.0. The van der Waals surface area contributed by atoms with Crippen molar-refractivity contribution in [1.82, 2.24) is 4.90 Å². The number of phenolic OH excluding ortho intramolecular Hbond substituents is 1. The standard InChI is InChI=1S/C23H32N4O3/c1-2-27(14-15-28)21-8-6-18(7-9-21)25-23(30)17-26-12-10-19(11-13-26)24-20-4-3-5-22(29)16-20/h3-9,16,19,24,28-29H,2,10-15,17H2,1H3,(H,25,30). The molecule has 7 nitrogen and oxygen atoms in total. The maximum atomic E-state index is 12.4. The number of amides is 1. The molecule has 1 heterocycles. The van der Waals surface area contributed by atoms with E-state index < -0.39 is 0 Å². The van der Waals surface area contributed by atoms with Crippen LogP contribution >= 0.6 is 0 Å². The zero-order valence-electron chi connectivity index (χ0n) is 17.6. The maximum absolute atomic E-state index is 12.4. The molecule has 2 aromatic carbocycles. The maximum Gasteiger partial charge on any atom is 0.238 e. The van der Waals surface area contributed by atoms with Gasteiger partial charge in [-0.05, 0) is 56.2 Å². The molecule has 0 saturated carbocycles. The lowest BCUT2D eigenvalue weighted by Crippen LogP contribution is -2.42. The Balaban J connectivity index is 1.42. The number of piperidine rings is 1. The molecule has 1 fully saturated rings. The minimum Gasteiger partial charge on any atom is -0.508 e. The van der Waals surface area contributed by atoms with Gasteiger partial charge in [-0.2, -0.15) is 0 Å². The van der Waals surface area contributed by atoms with E-state index in [0.717, 1.165) is 49.5 Å². The highest BCUT2D eigenvalue weighted by molar-refractivity contribution is 5.92. The number of anilines is 3. The smallest absolute Gasteiger partial charge is 0.238 e. The van der Waals surface area contributed by atoms with Gasteiger partial charge in [0.05, 0.1) is 13.2 Å². The summed E-state index contributed by atoms with van der Waals surface area (Å²) in [7, 11) is 0. The van der Waals surface area contributed by atoms with Crippen molar-refractivity contribution in [3.63, 3.8) is 0 Å². The van der Waals surface area contributed by atoms with Crippen molar-refractivity contribution in [2.75, 3.05) is 54.9 Å². The molecule has 162 valence electrons. The molecule has 7 heteroatoms. The number of nitrogens with one attached hydrogen (secondary N) is 2. The zero-order chi connectivity index (χ0) is 21.3. The van der Waals surface area contributed by atoms with Crippen LogP contribution < -0.4 is 15.5 Å². The highest BCUT2D eigenvalue weighted by atomic mass is 16.3. The summed E-state index contributed by atoms with van der Waals surface area (Å²) in [5.74, 6) is 0.253. The summed E-state index contributed by atoms with van der Waals surface area (Å²) < 4.78 is 0. The van der Waals surface area contributed by atoms with Crippen molar-refractivity contribution in [2.24, 2.45) is 0 Å². The summed E-state index contributed by atoms with van der Waals surface area (Å²) in [4.78, 5) is 16.7. The van der Waals surface area contributed by atoms with Crippen LogP contribution in [-0.4, -0.2) is 66.4 Å². The number of hydrogen-bond donors (Lipinski definition) is 4. The number of carbonyl (C=O) groups excluding carboxylic acids is 1. The van der Waals surface area contributed by atoms with E-state index in [1.807, 2.05) is 43.3 Å². The molecule has 30 heavy (non-hydrogen) atoms. The fourth-order valence-corrected chi connectivity index (χ4v) is 3.82. The van der Waals surface area contributed by atoms with E-state index >= 15 is 0 Å². The second kappa shape index (κ2) is 10.8. The topological polar surface area (TPSA) is 88.1 Å². The number of aliphatic hydroxyl groups is 1. The van der Waals surface area contributed by atoms with Crippen molar-refractivity contribution in [2.45, 2.75) is 25.8 Å². The van der Waals surface area contributed by atoms with Gasteiger partial charge in [-0.3, -0.25) is 9.69 Å². The van der Waals surface area contributed by atoms with Gasteiger partial charge in [-0.25, -0.2) is 0 Å². The Morgan fingerprint density at radius 3 is 2.50 bits per heavy atom.